The van der Waals surface area contributed by atoms with E-state index in [2.05, 4.69) is 10.1 Å². The van der Waals surface area contributed by atoms with Crippen LogP contribution >= 0.6 is 10.8 Å². The number of ether oxygens (including phenoxy) is 1. The second kappa shape index (κ2) is 6.72. The Morgan fingerprint density at radius 1 is 1.45 bits per heavy atom. The highest BCUT2D eigenvalue weighted by atomic mass is 32.3. The minimum atomic E-state index is -3.07. The summed E-state index contributed by atoms with van der Waals surface area (Å²) in [6.45, 7) is 2.78. The molecule has 1 aromatic carbocycles. The number of halogens is 1. The van der Waals surface area contributed by atoms with Gasteiger partial charge in [0.1, 0.15) is 0 Å². The number of esters is 1. The number of rotatable bonds is 4. The maximum atomic E-state index is 14.7. The molecule has 124 valence electrons. The Kier molecular flexibility index (Phi) is 5.15. The normalized spacial score (nSPS) is 18.7. The molecule has 1 aliphatic rings. The summed E-state index contributed by atoms with van der Waals surface area (Å²) in [6.07, 6.45) is 1.41. The van der Waals surface area contributed by atoms with Crippen molar-refractivity contribution < 1.29 is 23.0 Å². The second-order valence-electron chi connectivity index (χ2n) is 5.02. The van der Waals surface area contributed by atoms with Crippen LogP contribution in [-0.4, -0.2) is 41.0 Å². The molecule has 0 atom stereocenters. The van der Waals surface area contributed by atoms with Crippen molar-refractivity contribution in [3.63, 3.8) is 0 Å². The van der Waals surface area contributed by atoms with Crippen LogP contribution in [0.1, 0.15) is 30.1 Å². The number of hydrogen-bond acceptors (Lipinski definition) is 6. The third kappa shape index (κ3) is 3.29. The number of nitrogens with one attached hydrogen (secondary N) is 1. The van der Waals surface area contributed by atoms with E-state index >= 15 is 0 Å². The number of anilines is 2. The van der Waals surface area contributed by atoms with Crippen LogP contribution in [0, 0.1) is 5.82 Å². The van der Waals surface area contributed by atoms with E-state index in [9.17, 15) is 18.3 Å². The number of carbonyl (C=O) groups is 1. The number of hydrogen-bond donors (Lipinski definition) is 3. The van der Waals surface area contributed by atoms with Gasteiger partial charge in [0.15, 0.2) is 5.82 Å². The van der Waals surface area contributed by atoms with Gasteiger partial charge in [-0.1, -0.05) is 0 Å². The first-order valence-electron chi connectivity index (χ1n) is 7.10. The van der Waals surface area contributed by atoms with Gasteiger partial charge < -0.3 is 10.1 Å². The van der Waals surface area contributed by atoms with Crippen LogP contribution in [-0.2, 0) is 4.74 Å². The lowest BCUT2D eigenvalue weighted by Gasteiger charge is -2.47. The van der Waals surface area contributed by atoms with Crippen LogP contribution < -0.4 is 9.62 Å². The average molecular weight is 332 g/mol. The van der Waals surface area contributed by atoms with Crippen molar-refractivity contribution in [1.82, 2.24) is 0 Å². The maximum Gasteiger partial charge on any atom is 0.341 e. The summed E-state index contributed by atoms with van der Waals surface area (Å²) in [5.41, 5.74) is 0.315. The summed E-state index contributed by atoms with van der Waals surface area (Å²) in [5, 5.41) is 3.01. The molecule has 0 saturated carbocycles. The smallest absolute Gasteiger partial charge is 0.341 e. The average Bonchev–Trinajstić information content (AvgIpc) is 2.48. The fourth-order valence-corrected chi connectivity index (χ4v) is 4.12. The minimum absolute atomic E-state index is 0.0125. The first-order valence-corrected chi connectivity index (χ1v) is 8.77. The van der Waals surface area contributed by atoms with Gasteiger partial charge in [0.05, 0.1) is 24.1 Å². The molecule has 0 unspecified atom stereocenters. The zero-order valence-corrected chi connectivity index (χ0v) is 13.5. The van der Waals surface area contributed by atoms with E-state index in [-0.39, 0.29) is 17.0 Å². The van der Waals surface area contributed by atoms with Crippen molar-refractivity contribution in [2.24, 2.45) is 0 Å². The van der Waals surface area contributed by atoms with Crippen LogP contribution in [0.5, 0.6) is 0 Å². The molecule has 22 heavy (non-hydrogen) atoms. The Hall–Kier alpha value is -1.51. The van der Waals surface area contributed by atoms with Crippen LogP contribution in [0.3, 0.4) is 0 Å². The zero-order valence-electron chi connectivity index (χ0n) is 12.6. The molecule has 1 fully saturated rings. The molecule has 0 bridgehead atoms. The van der Waals surface area contributed by atoms with Crippen molar-refractivity contribution in [3.05, 3.63) is 23.5 Å². The molecule has 1 aliphatic heterocycles. The summed E-state index contributed by atoms with van der Waals surface area (Å²) in [5.74, 6) is -1.40. The summed E-state index contributed by atoms with van der Waals surface area (Å²) in [4.78, 5) is 11.8. The molecule has 6 nitrogen and oxygen atoms in total. The van der Waals surface area contributed by atoms with Crippen LogP contribution in [0.4, 0.5) is 15.8 Å². The maximum absolute atomic E-state index is 14.7. The highest BCUT2D eigenvalue weighted by Crippen LogP contribution is 2.50. The molecule has 0 amide bonds. The van der Waals surface area contributed by atoms with Gasteiger partial charge in [-0.05, 0) is 31.9 Å². The molecule has 0 radical (unpaired) electrons. The Balaban J connectivity index is 2.53. The van der Waals surface area contributed by atoms with E-state index in [1.165, 1.54) is 23.5 Å². The Morgan fingerprint density at radius 2 is 2.18 bits per heavy atom. The van der Waals surface area contributed by atoms with E-state index in [1.807, 2.05) is 6.92 Å². The van der Waals surface area contributed by atoms with E-state index in [1.54, 1.807) is 0 Å². The lowest BCUT2D eigenvalue weighted by Crippen LogP contribution is -2.35. The summed E-state index contributed by atoms with van der Waals surface area (Å²) in [7, 11) is -1.89. The number of carbonyl (C=O) groups excluding carboxylic acids is 1. The predicted octanol–water partition coefficient (Wildman–Crippen LogP) is 3.31. The molecule has 0 spiro atoms. The molecule has 8 heteroatoms. The lowest BCUT2D eigenvalue weighted by molar-refractivity contribution is 0.0595. The lowest BCUT2D eigenvalue weighted by atomic mass is 10.1. The van der Waals surface area contributed by atoms with E-state index in [0.717, 1.165) is 6.42 Å². The molecule has 1 heterocycles. The van der Waals surface area contributed by atoms with Crippen LogP contribution in [0.25, 0.3) is 0 Å². The minimum Gasteiger partial charge on any atom is -0.465 e. The molecule has 3 N–H and O–H groups in total. The highest BCUT2D eigenvalue weighted by Gasteiger charge is 2.31. The van der Waals surface area contributed by atoms with Crippen molar-refractivity contribution >= 4 is 28.1 Å². The molecule has 1 aromatic rings. The topological polar surface area (TPSA) is 82.0 Å². The quantitative estimate of drug-likeness (QED) is 0.734. The van der Waals surface area contributed by atoms with Crippen molar-refractivity contribution in [3.8, 4) is 0 Å². The number of benzene rings is 1. The zero-order chi connectivity index (χ0) is 16.3. The predicted molar refractivity (Wildman–Crippen MR) is 86.2 cm³/mol. The van der Waals surface area contributed by atoms with Gasteiger partial charge in [0, 0.05) is 18.8 Å². The standard InChI is InChI=1S/C14H21FN2O4S/c1-3-16-10-8-11(14(18)21-2)13(15)12(9-10)17-6-4-5-7-22(17,19)20/h8-9,16,19-20H,3-7H2,1-2H3. The molecular formula is C14H21FN2O4S. The fourth-order valence-electron chi connectivity index (χ4n) is 2.44. The molecular weight excluding hydrogens is 311 g/mol. The van der Waals surface area contributed by atoms with Gasteiger partial charge in [-0.2, -0.15) is 0 Å². The third-order valence-electron chi connectivity index (χ3n) is 3.49. The van der Waals surface area contributed by atoms with Crippen LogP contribution in [0.2, 0.25) is 0 Å². The molecule has 0 aromatic heterocycles. The van der Waals surface area contributed by atoms with Gasteiger partial charge in [-0.25, -0.2) is 9.18 Å². The van der Waals surface area contributed by atoms with Gasteiger partial charge in [-0.3, -0.25) is 13.4 Å². The molecule has 0 aliphatic carbocycles. The summed E-state index contributed by atoms with van der Waals surface area (Å²) < 4.78 is 40.9. The number of nitrogens with zero attached hydrogens (tertiary/aromatic N) is 1. The largest absolute Gasteiger partial charge is 0.465 e. The first-order chi connectivity index (χ1) is 10.4. The Labute approximate surface area is 130 Å². The monoisotopic (exact) mass is 332 g/mol. The second-order valence-corrected chi connectivity index (χ2v) is 7.14. The van der Waals surface area contributed by atoms with Crippen molar-refractivity contribution in [1.29, 1.82) is 0 Å². The third-order valence-corrected chi connectivity index (χ3v) is 5.41. The summed E-state index contributed by atoms with van der Waals surface area (Å²) >= 11 is 0. The molecule has 1 saturated heterocycles. The number of methoxy groups -OCH3 is 1. The summed E-state index contributed by atoms with van der Waals surface area (Å²) in [6, 6.07) is 2.86. The van der Waals surface area contributed by atoms with Crippen LogP contribution in [0.15, 0.2) is 12.1 Å². The SMILES string of the molecule is CCNc1cc(C(=O)OC)c(F)c(N2CCCCS2(O)O)c1. The molecule has 2 rings (SSSR count). The van der Waals surface area contributed by atoms with E-state index in [4.69, 9.17) is 0 Å². The van der Waals surface area contributed by atoms with Crippen molar-refractivity contribution in [2.75, 3.05) is 35.6 Å². The highest BCUT2D eigenvalue weighted by molar-refractivity contribution is 8.25. The Bertz CT molecular complexity index is 568. The first kappa shape index (κ1) is 16.9. The van der Waals surface area contributed by atoms with E-state index in [0.29, 0.717) is 25.2 Å². The van der Waals surface area contributed by atoms with Crippen molar-refractivity contribution in [2.45, 2.75) is 19.8 Å². The van der Waals surface area contributed by atoms with E-state index < -0.39 is 22.6 Å². The van der Waals surface area contributed by atoms with Gasteiger partial charge in [0.25, 0.3) is 0 Å². The Morgan fingerprint density at radius 3 is 2.77 bits per heavy atom. The fraction of sp³-hybridized carbons (Fsp3) is 0.500. The van der Waals surface area contributed by atoms with Gasteiger partial charge >= 0.3 is 5.97 Å². The van der Waals surface area contributed by atoms with Gasteiger partial charge in [-0.15, -0.1) is 10.8 Å². The van der Waals surface area contributed by atoms with Gasteiger partial charge in [0.2, 0.25) is 0 Å².